The predicted molar refractivity (Wildman–Crippen MR) is 51.7 cm³/mol. The number of nitrogens with zero attached hydrogens (tertiary/aromatic N) is 1. The van der Waals surface area contributed by atoms with Crippen LogP contribution in [0.25, 0.3) is 0 Å². The van der Waals surface area contributed by atoms with Gasteiger partial charge in [-0.05, 0) is 13.8 Å². The van der Waals surface area contributed by atoms with E-state index in [9.17, 15) is 4.79 Å². The van der Waals surface area contributed by atoms with Gasteiger partial charge in [-0.1, -0.05) is 6.08 Å². The molecule has 0 N–H and O–H groups in total. The van der Waals surface area contributed by atoms with Crippen LogP contribution in [0.2, 0.25) is 0 Å². The lowest BCUT2D eigenvalue weighted by molar-refractivity contribution is -0.112. The molecule has 11 heavy (non-hydrogen) atoms. The number of Topliss-reactive ketones (excluding diaryl/α,β-unsaturated/α-hetero) is 1. The summed E-state index contributed by atoms with van der Waals surface area (Å²) < 4.78 is 0. The first-order chi connectivity index (χ1) is 5.26. The van der Waals surface area contributed by atoms with E-state index in [2.05, 4.69) is 17.6 Å². The number of aliphatic imine (C=N–C) groups is 1. The van der Waals surface area contributed by atoms with Gasteiger partial charge in [0, 0.05) is 18.3 Å². The molecule has 0 heterocycles. The van der Waals surface area contributed by atoms with Gasteiger partial charge < -0.3 is 0 Å². The fourth-order valence-electron chi connectivity index (χ4n) is 0.588. The molecule has 0 aromatic rings. The minimum atomic E-state index is 0.0213. The maximum atomic E-state index is 11.0. The molecule has 0 aliphatic rings. The molecule has 0 fully saturated rings. The first-order valence-electron chi connectivity index (χ1n) is 3.56. The van der Waals surface area contributed by atoms with E-state index in [4.69, 9.17) is 0 Å². The van der Waals surface area contributed by atoms with Crippen molar-refractivity contribution in [3.8, 4) is 0 Å². The highest BCUT2D eigenvalue weighted by Gasteiger charge is 2.01. The Morgan fingerprint density at radius 2 is 2.27 bits per heavy atom. The SMILES string of the molecule is C/C=C(\C=NCC)C(=O)CS. The summed E-state index contributed by atoms with van der Waals surface area (Å²) in [6.07, 6.45) is 3.34. The summed E-state index contributed by atoms with van der Waals surface area (Å²) >= 11 is 3.88. The highest BCUT2D eigenvalue weighted by atomic mass is 32.1. The number of ketones is 1. The number of carbonyl (C=O) groups is 1. The molecular formula is C8H13NOS. The molecule has 0 atom stereocenters. The molecule has 0 spiro atoms. The molecule has 3 heteroatoms. The zero-order valence-electron chi connectivity index (χ0n) is 6.87. The largest absolute Gasteiger partial charge is 0.293 e. The van der Waals surface area contributed by atoms with Gasteiger partial charge in [-0.15, -0.1) is 0 Å². The molecule has 0 unspecified atom stereocenters. The Bertz CT molecular complexity index is 185. The summed E-state index contributed by atoms with van der Waals surface area (Å²) in [5, 5.41) is 0. The maximum absolute atomic E-state index is 11.0. The topological polar surface area (TPSA) is 29.4 Å². The minimum absolute atomic E-state index is 0.0213. The zero-order valence-corrected chi connectivity index (χ0v) is 7.77. The second kappa shape index (κ2) is 6.16. The summed E-state index contributed by atoms with van der Waals surface area (Å²) in [5.74, 6) is 0.267. The molecule has 0 aliphatic heterocycles. The van der Waals surface area contributed by atoms with Crippen molar-refractivity contribution in [2.24, 2.45) is 4.99 Å². The number of hydrogen-bond acceptors (Lipinski definition) is 3. The Hall–Kier alpha value is -0.570. The lowest BCUT2D eigenvalue weighted by Gasteiger charge is -1.94. The molecule has 2 nitrogen and oxygen atoms in total. The minimum Gasteiger partial charge on any atom is -0.293 e. The molecule has 0 saturated carbocycles. The van der Waals surface area contributed by atoms with E-state index in [1.807, 2.05) is 13.8 Å². The van der Waals surface area contributed by atoms with Gasteiger partial charge in [0.15, 0.2) is 5.78 Å². The second-order valence-electron chi connectivity index (χ2n) is 1.95. The van der Waals surface area contributed by atoms with Crippen molar-refractivity contribution in [2.45, 2.75) is 13.8 Å². The fraction of sp³-hybridized carbons (Fsp3) is 0.500. The molecule has 0 radical (unpaired) electrons. The van der Waals surface area contributed by atoms with Gasteiger partial charge in [-0.25, -0.2) is 0 Å². The third-order valence-electron chi connectivity index (χ3n) is 1.19. The van der Waals surface area contributed by atoms with Gasteiger partial charge >= 0.3 is 0 Å². The summed E-state index contributed by atoms with van der Waals surface area (Å²) in [6.45, 7) is 4.45. The lowest BCUT2D eigenvalue weighted by atomic mass is 10.2. The van der Waals surface area contributed by atoms with Crippen molar-refractivity contribution >= 4 is 24.6 Å². The van der Waals surface area contributed by atoms with Crippen molar-refractivity contribution in [1.29, 1.82) is 0 Å². The van der Waals surface area contributed by atoms with Crippen LogP contribution in [0.15, 0.2) is 16.6 Å². The van der Waals surface area contributed by atoms with Crippen LogP contribution in [-0.2, 0) is 4.79 Å². The van der Waals surface area contributed by atoms with Crippen molar-refractivity contribution in [2.75, 3.05) is 12.3 Å². The highest BCUT2D eigenvalue weighted by Crippen LogP contribution is 1.94. The quantitative estimate of drug-likeness (QED) is 0.388. The molecule has 0 aliphatic carbocycles. The first kappa shape index (κ1) is 10.4. The van der Waals surface area contributed by atoms with Crippen LogP contribution in [-0.4, -0.2) is 24.3 Å². The van der Waals surface area contributed by atoms with Gasteiger partial charge in [0.05, 0.1) is 5.75 Å². The van der Waals surface area contributed by atoms with Crippen LogP contribution in [0.4, 0.5) is 0 Å². The van der Waals surface area contributed by atoms with Gasteiger partial charge in [0.25, 0.3) is 0 Å². The van der Waals surface area contributed by atoms with E-state index in [1.54, 1.807) is 12.3 Å². The summed E-state index contributed by atoms with van der Waals surface area (Å²) in [5.41, 5.74) is 0.641. The Balaban J connectivity index is 4.19. The third kappa shape index (κ3) is 3.98. The molecule has 0 aromatic heterocycles. The standard InChI is InChI=1S/C8H13NOS/c1-3-7(5-9-4-2)8(10)6-11/h3,5,11H,4,6H2,1-2H3/b7-3+,9-5?. The van der Waals surface area contributed by atoms with Crippen LogP contribution < -0.4 is 0 Å². The summed E-state index contributed by atoms with van der Waals surface area (Å²) in [4.78, 5) is 15.0. The van der Waals surface area contributed by atoms with Crippen molar-refractivity contribution in [1.82, 2.24) is 0 Å². The number of carbonyl (C=O) groups excluding carboxylic acids is 1. The number of hydrogen-bond donors (Lipinski definition) is 1. The van der Waals surface area contributed by atoms with Crippen LogP contribution in [0.3, 0.4) is 0 Å². The average Bonchev–Trinajstić information content (AvgIpc) is 2.05. The van der Waals surface area contributed by atoms with Gasteiger partial charge in [-0.2, -0.15) is 12.6 Å². The number of allylic oxidation sites excluding steroid dienone is 2. The molecule has 62 valence electrons. The molecular weight excluding hydrogens is 158 g/mol. The van der Waals surface area contributed by atoms with Crippen LogP contribution in [0, 0.1) is 0 Å². The molecule has 0 aromatic carbocycles. The molecule has 0 saturated heterocycles. The van der Waals surface area contributed by atoms with Crippen molar-refractivity contribution in [3.05, 3.63) is 11.6 Å². The van der Waals surface area contributed by atoms with E-state index in [-0.39, 0.29) is 11.5 Å². The Labute approximate surface area is 72.8 Å². The predicted octanol–water partition coefficient (Wildman–Crippen LogP) is 1.52. The van der Waals surface area contributed by atoms with E-state index >= 15 is 0 Å². The Kier molecular flexibility index (Phi) is 5.84. The lowest BCUT2D eigenvalue weighted by Crippen LogP contribution is -2.04. The Morgan fingerprint density at radius 1 is 1.64 bits per heavy atom. The summed E-state index contributed by atoms with van der Waals surface area (Å²) in [7, 11) is 0. The van der Waals surface area contributed by atoms with Crippen LogP contribution in [0.5, 0.6) is 0 Å². The maximum Gasteiger partial charge on any atom is 0.173 e. The first-order valence-corrected chi connectivity index (χ1v) is 4.19. The molecule has 0 amide bonds. The van der Waals surface area contributed by atoms with E-state index in [1.165, 1.54) is 0 Å². The number of thiol groups is 1. The van der Waals surface area contributed by atoms with E-state index in [0.717, 1.165) is 0 Å². The molecule has 0 bridgehead atoms. The number of rotatable bonds is 4. The van der Waals surface area contributed by atoms with E-state index < -0.39 is 0 Å². The highest BCUT2D eigenvalue weighted by molar-refractivity contribution is 7.81. The monoisotopic (exact) mass is 171 g/mol. The normalized spacial score (nSPS) is 12.5. The van der Waals surface area contributed by atoms with Gasteiger partial charge in [0.2, 0.25) is 0 Å². The van der Waals surface area contributed by atoms with E-state index in [0.29, 0.717) is 12.1 Å². The molecule has 0 rings (SSSR count). The average molecular weight is 171 g/mol. The second-order valence-corrected chi connectivity index (χ2v) is 2.27. The van der Waals surface area contributed by atoms with Crippen molar-refractivity contribution in [3.63, 3.8) is 0 Å². The Morgan fingerprint density at radius 3 is 2.64 bits per heavy atom. The van der Waals surface area contributed by atoms with Crippen LogP contribution >= 0.6 is 12.6 Å². The smallest absolute Gasteiger partial charge is 0.173 e. The van der Waals surface area contributed by atoms with Crippen molar-refractivity contribution < 1.29 is 4.79 Å². The van der Waals surface area contributed by atoms with Gasteiger partial charge in [0.1, 0.15) is 0 Å². The fourth-order valence-corrected chi connectivity index (χ4v) is 0.771. The zero-order chi connectivity index (χ0) is 8.69. The van der Waals surface area contributed by atoms with Crippen LogP contribution in [0.1, 0.15) is 13.8 Å². The van der Waals surface area contributed by atoms with Gasteiger partial charge in [-0.3, -0.25) is 9.79 Å². The third-order valence-corrected chi connectivity index (χ3v) is 1.48. The summed E-state index contributed by atoms with van der Waals surface area (Å²) in [6, 6.07) is 0.